The second-order valence-corrected chi connectivity index (χ2v) is 4.49. The summed E-state index contributed by atoms with van der Waals surface area (Å²) >= 11 is 1.24. The molecule has 1 rings (SSSR count). The van der Waals surface area contributed by atoms with Gasteiger partial charge in [-0.3, -0.25) is 4.99 Å². The fraction of sp³-hybridized carbons (Fsp3) is 0.875. The Labute approximate surface area is 92.1 Å². The van der Waals surface area contributed by atoms with Gasteiger partial charge in [-0.2, -0.15) is 0 Å². The largest absolute Gasteiger partial charge is 0.394 e. The highest BCUT2D eigenvalue weighted by Gasteiger charge is 2.29. The van der Waals surface area contributed by atoms with Crippen LogP contribution in [0.5, 0.6) is 0 Å². The molecule has 0 aromatic heterocycles. The minimum atomic E-state index is -1.11. The topological polar surface area (TPSA) is 108 Å². The van der Waals surface area contributed by atoms with Crippen LogP contribution in [0.25, 0.3) is 0 Å². The van der Waals surface area contributed by atoms with Crippen molar-refractivity contribution in [3.63, 3.8) is 0 Å². The number of amidine groups is 1. The molecule has 7 heteroatoms. The number of thioether (sulfide) groups is 1. The van der Waals surface area contributed by atoms with Crippen LogP contribution in [0, 0.1) is 0 Å². The highest BCUT2D eigenvalue weighted by molar-refractivity contribution is 8.14. The second-order valence-electron chi connectivity index (χ2n) is 3.31. The summed E-state index contributed by atoms with van der Waals surface area (Å²) in [5.74, 6) is 0. The molecule has 4 atom stereocenters. The highest BCUT2D eigenvalue weighted by Crippen LogP contribution is 2.22. The third-order valence-corrected chi connectivity index (χ3v) is 2.92. The Morgan fingerprint density at radius 1 is 1.67 bits per heavy atom. The van der Waals surface area contributed by atoms with Gasteiger partial charge in [0.25, 0.3) is 0 Å². The summed E-state index contributed by atoms with van der Waals surface area (Å²) in [6.07, 6.45) is -2.88. The molecule has 0 aromatic rings. The first kappa shape index (κ1) is 12.7. The Hall–Kier alpha value is -0.340. The molecule has 0 aromatic carbocycles. The Bertz CT molecular complexity index is 237. The van der Waals surface area contributed by atoms with Gasteiger partial charge in [-0.15, -0.1) is 0 Å². The molecular formula is C8H16N2O4S. The zero-order chi connectivity index (χ0) is 11.4. The van der Waals surface area contributed by atoms with Crippen molar-refractivity contribution < 1.29 is 20.1 Å². The van der Waals surface area contributed by atoms with Crippen molar-refractivity contribution in [3.8, 4) is 0 Å². The molecule has 0 amide bonds. The highest BCUT2D eigenvalue weighted by atomic mass is 32.2. The molecule has 6 nitrogen and oxygen atoms in total. The SMILES string of the molecule is C[C@@H](O)[C@H](O)[C@@H](CO)OC1CN=C(N)S1. The molecule has 0 saturated heterocycles. The Balaban J connectivity index is 2.41. The molecule has 0 radical (unpaired) electrons. The molecule has 5 N–H and O–H groups in total. The van der Waals surface area contributed by atoms with Gasteiger partial charge >= 0.3 is 0 Å². The van der Waals surface area contributed by atoms with Crippen LogP contribution in [-0.2, 0) is 4.74 Å². The standard InChI is InChI=1S/C8H16N2O4S/c1-4(12)7(13)5(3-11)14-6-2-10-8(9)15-6/h4-7,11-13H,2-3H2,1H3,(H2,9,10)/t4-,5-,6?,7+/m1/s1. The van der Waals surface area contributed by atoms with Gasteiger partial charge < -0.3 is 25.8 Å². The van der Waals surface area contributed by atoms with Crippen LogP contribution in [0.15, 0.2) is 4.99 Å². The van der Waals surface area contributed by atoms with Gasteiger partial charge in [-0.1, -0.05) is 11.8 Å². The number of aliphatic hydroxyl groups is 3. The number of aliphatic imine (C=N–C) groups is 1. The molecule has 0 bridgehead atoms. The van der Waals surface area contributed by atoms with E-state index in [1.807, 2.05) is 0 Å². The number of hydrogen-bond donors (Lipinski definition) is 4. The Kier molecular flexibility index (Phi) is 4.81. The zero-order valence-electron chi connectivity index (χ0n) is 8.41. The Morgan fingerprint density at radius 3 is 2.73 bits per heavy atom. The van der Waals surface area contributed by atoms with Gasteiger partial charge in [0.1, 0.15) is 17.6 Å². The maximum Gasteiger partial charge on any atom is 0.156 e. The molecule has 1 heterocycles. The summed E-state index contributed by atoms with van der Waals surface area (Å²) in [6.45, 7) is 1.48. The van der Waals surface area contributed by atoms with Gasteiger partial charge in [0.05, 0.1) is 19.3 Å². The van der Waals surface area contributed by atoms with Crippen molar-refractivity contribution in [2.45, 2.75) is 30.7 Å². The number of nitrogens with two attached hydrogens (primary N) is 1. The van der Waals surface area contributed by atoms with E-state index in [4.69, 9.17) is 20.7 Å². The van der Waals surface area contributed by atoms with E-state index in [1.54, 1.807) is 0 Å². The summed E-state index contributed by atoms with van der Waals surface area (Å²) in [5.41, 5.74) is 5.14. The molecule has 1 unspecified atom stereocenters. The average Bonchev–Trinajstić information content (AvgIpc) is 2.59. The van der Waals surface area contributed by atoms with Crippen molar-refractivity contribution in [2.75, 3.05) is 13.2 Å². The van der Waals surface area contributed by atoms with Crippen LogP contribution in [0.3, 0.4) is 0 Å². The first-order valence-corrected chi connectivity index (χ1v) is 5.51. The second kappa shape index (κ2) is 5.66. The lowest BCUT2D eigenvalue weighted by Gasteiger charge is -2.25. The van der Waals surface area contributed by atoms with Gasteiger partial charge in [-0.05, 0) is 6.92 Å². The number of ether oxygens (including phenoxy) is 1. The van der Waals surface area contributed by atoms with Crippen molar-refractivity contribution in [3.05, 3.63) is 0 Å². The molecular weight excluding hydrogens is 220 g/mol. The molecule has 0 aliphatic carbocycles. The zero-order valence-corrected chi connectivity index (χ0v) is 9.22. The van der Waals surface area contributed by atoms with Gasteiger partial charge in [0.15, 0.2) is 5.17 Å². The normalized spacial score (nSPS) is 27.2. The summed E-state index contributed by atoms with van der Waals surface area (Å²) in [4.78, 5) is 3.92. The number of nitrogens with zero attached hydrogens (tertiary/aromatic N) is 1. The fourth-order valence-corrected chi connectivity index (χ4v) is 1.95. The molecule has 0 fully saturated rings. The molecule has 0 spiro atoms. The summed E-state index contributed by atoms with van der Waals surface area (Å²) < 4.78 is 5.36. The first-order chi connectivity index (χ1) is 7.04. The quantitative estimate of drug-likeness (QED) is 0.462. The number of aliphatic hydroxyl groups excluding tert-OH is 3. The van der Waals surface area contributed by atoms with E-state index in [1.165, 1.54) is 18.7 Å². The third kappa shape index (κ3) is 3.62. The smallest absolute Gasteiger partial charge is 0.156 e. The van der Waals surface area contributed by atoms with Crippen LogP contribution in [0.2, 0.25) is 0 Å². The van der Waals surface area contributed by atoms with Crippen LogP contribution in [0.4, 0.5) is 0 Å². The van der Waals surface area contributed by atoms with E-state index in [-0.39, 0.29) is 12.0 Å². The van der Waals surface area contributed by atoms with Crippen LogP contribution in [-0.4, -0.2) is 57.4 Å². The Morgan fingerprint density at radius 2 is 2.33 bits per heavy atom. The van der Waals surface area contributed by atoms with Gasteiger partial charge in [0.2, 0.25) is 0 Å². The van der Waals surface area contributed by atoms with E-state index < -0.39 is 18.3 Å². The van der Waals surface area contributed by atoms with Crippen LogP contribution in [0.1, 0.15) is 6.92 Å². The van der Waals surface area contributed by atoms with E-state index >= 15 is 0 Å². The van der Waals surface area contributed by atoms with Crippen molar-refractivity contribution in [1.29, 1.82) is 0 Å². The van der Waals surface area contributed by atoms with E-state index in [0.29, 0.717) is 11.7 Å². The average molecular weight is 236 g/mol. The molecule has 15 heavy (non-hydrogen) atoms. The molecule has 1 aliphatic heterocycles. The van der Waals surface area contributed by atoms with Crippen LogP contribution >= 0.6 is 11.8 Å². The maximum absolute atomic E-state index is 9.50. The van der Waals surface area contributed by atoms with E-state index in [0.717, 1.165) is 0 Å². The van der Waals surface area contributed by atoms with Crippen molar-refractivity contribution in [1.82, 2.24) is 0 Å². The lowest BCUT2D eigenvalue weighted by atomic mass is 10.1. The fourth-order valence-electron chi connectivity index (χ4n) is 1.18. The molecule has 1 aliphatic rings. The lowest BCUT2D eigenvalue weighted by Crippen LogP contribution is -2.41. The van der Waals surface area contributed by atoms with Gasteiger partial charge in [0, 0.05) is 0 Å². The monoisotopic (exact) mass is 236 g/mol. The maximum atomic E-state index is 9.50. The van der Waals surface area contributed by atoms with Gasteiger partial charge in [-0.25, -0.2) is 0 Å². The molecule has 0 saturated carbocycles. The molecule has 88 valence electrons. The van der Waals surface area contributed by atoms with Crippen molar-refractivity contribution >= 4 is 16.9 Å². The lowest BCUT2D eigenvalue weighted by molar-refractivity contribution is -0.107. The minimum absolute atomic E-state index is 0.296. The minimum Gasteiger partial charge on any atom is -0.394 e. The summed E-state index contributed by atoms with van der Waals surface area (Å²) in [7, 11) is 0. The van der Waals surface area contributed by atoms with E-state index in [2.05, 4.69) is 4.99 Å². The predicted molar refractivity (Wildman–Crippen MR) is 57.5 cm³/mol. The summed E-state index contributed by atoms with van der Waals surface area (Å²) in [5, 5.41) is 28.1. The predicted octanol–water partition coefficient (Wildman–Crippen LogP) is -1.51. The summed E-state index contributed by atoms with van der Waals surface area (Å²) in [6, 6.07) is 0. The first-order valence-electron chi connectivity index (χ1n) is 4.63. The third-order valence-electron chi connectivity index (χ3n) is 2.03. The van der Waals surface area contributed by atoms with E-state index in [9.17, 15) is 5.11 Å². The number of rotatable bonds is 5. The number of hydrogen-bond acceptors (Lipinski definition) is 7. The van der Waals surface area contributed by atoms with Crippen molar-refractivity contribution in [2.24, 2.45) is 10.7 Å². The van der Waals surface area contributed by atoms with Crippen LogP contribution < -0.4 is 5.73 Å².